The van der Waals surface area contributed by atoms with Crippen LogP contribution in [0.2, 0.25) is 0 Å². The standard InChI is InChI=1S/C11H13NO3S/c1-15-10-8(11(13)14)5-7(6-12-10)9-3-2-4-16-9/h5-6,9H,2-4H2,1H3,(H,13,14). The molecule has 0 spiro atoms. The maximum absolute atomic E-state index is 11.0. The van der Waals surface area contributed by atoms with Crippen molar-refractivity contribution in [1.29, 1.82) is 0 Å². The van der Waals surface area contributed by atoms with Gasteiger partial charge in [0.2, 0.25) is 5.88 Å². The summed E-state index contributed by atoms with van der Waals surface area (Å²) in [6.45, 7) is 0. The normalized spacial score (nSPS) is 19.7. The lowest BCUT2D eigenvalue weighted by Crippen LogP contribution is -2.04. The Morgan fingerprint density at radius 2 is 2.50 bits per heavy atom. The number of pyridine rings is 1. The number of ether oxygens (including phenoxy) is 1. The van der Waals surface area contributed by atoms with Gasteiger partial charge >= 0.3 is 5.97 Å². The molecule has 2 rings (SSSR count). The molecule has 1 aliphatic rings. The zero-order chi connectivity index (χ0) is 11.5. The van der Waals surface area contributed by atoms with E-state index in [1.54, 1.807) is 12.3 Å². The minimum atomic E-state index is -0.991. The molecule has 4 nitrogen and oxygen atoms in total. The third-order valence-corrected chi connectivity index (χ3v) is 4.03. The van der Waals surface area contributed by atoms with Crippen molar-refractivity contribution in [3.63, 3.8) is 0 Å². The van der Waals surface area contributed by atoms with Crippen LogP contribution in [0.1, 0.15) is 34.0 Å². The fraction of sp³-hybridized carbons (Fsp3) is 0.455. The summed E-state index contributed by atoms with van der Waals surface area (Å²) in [6.07, 6.45) is 4.00. The monoisotopic (exact) mass is 239 g/mol. The van der Waals surface area contributed by atoms with E-state index in [1.807, 2.05) is 11.8 Å². The Balaban J connectivity index is 2.34. The smallest absolute Gasteiger partial charge is 0.341 e. The van der Waals surface area contributed by atoms with Gasteiger partial charge in [0.05, 0.1) is 7.11 Å². The van der Waals surface area contributed by atoms with Crippen LogP contribution < -0.4 is 4.74 Å². The number of aromatic nitrogens is 1. The molecule has 0 saturated carbocycles. The highest BCUT2D eigenvalue weighted by atomic mass is 32.2. The van der Waals surface area contributed by atoms with Gasteiger partial charge in [-0.1, -0.05) is 0 Å². The molecule has 0 amide bonds. The summed E-state index contributed by atoms with van der Waals surface area (Å²) in [7, 11) is 1.43. The van der Waals surface area contributed by atoms with E-state index in [4.69, 9.17) is 9.84 Å². The Kier molecular flexibility index (Phi) is 3.33. The second-order valence-corrected chi connectivity index (χ2v) is 4.94. The molecule has 1 unspecified atom stereocenters. The maximum Gasteiger partial charge on any atom is 0.341 e. The van der Waals surface area contributed by atoms with Gasteiger partial charge in [-0.2, -0.15) is 11.8 Å². The first-order valence-electron chi connectivity index (χ1n) is 5.11. The van der Waals surface area contributed by atoms with Gasteiger partial charge in [-0.3, -0.25) is 0 Å². The van der Waals surface area contributed by atoms with Crippen molar-refractivity contribution < 1.29 is 14.6 Å². The van der Waals surface area contributed by atoms with Crippen LogP contribution >= 0.6 is 11.8 Å². The summed E-state index contributed by atoms with van der Waals surface area (Å²) < 4.78 is 4.93. The number of thioether (sulfide) groups is 1. The van der Waals surface area contributed by atoms with Gasteiger partial charge in [0.25, 0.3) is 0 Å². The van der Waals surface area contributed by atoms with Gasteiger partial charge < -0.3 is 9.84 Å². The molecule has 1 aromatic rings. The summed E-state index contributed by atoms with van der Waals surface area (Å²) in [5.74, 6) is 0.326. The van der Waals surface area contributed by atoms with Crippen molar-refractivity contribution in [2.45, 2.75) is 18.1 Å². The van der Waals surface area contributed by atoms with Crippen molar-refractivity contribution in [1.82, 2.24) is 4.98 Å². The Morgan fingerprint density at radius 1 is 1.69 bits per heavy atom. The molecule has 0 bridgehead atoms. The van der Waals surface area contributed by atoms with Crippen molar-refractivity contribution in [2.24, 2.45) is 0 Å². The van der Waals surface area contributed by atoms with Gasteiger partial charge in [-0.15, -0.1) is 0 Å². The lowest BCUT2D eigenvalue weighted by atomic mass is 10.1. The highest BCUT2D eigenvalue weighted by molar-refractivity contribution is 7.99. The lowest BCUT2D eigenvalue weighted by molar-refractivity contribution is 0.0692. The molecular formula is C11H13NO3S. The van der Waals surface area contributed by atoms with Crippen molar-refractivity contribution in [3.8, 4) is 5.88 Å². The zero-order valence-corrected chi connectivity index (χ0v) is 9.79. The number of aromatic carboxylic acids is 1. The molecule has 5 heteroatoms. The number of rotatable bonds is 3. The topological polar surface area (TPSA) is 59.4 Å². The number of carboxylic acids is 1. The summed E-state index contributed by atoms with van der Waals surface area (Å²) in [6, 6.07) is 1.68. The van der Waals surface area contributed by atoms with Crippen molar-refractivity contribution in [2.75, 3.05) is 12.9 Å². The molecule has 1 aliphatic heterocycles. The molecular weight excluding hydrogens is 226 g/mol. The van der Waals surface area contributed by atoms with E-state index < -0.39 is 5.97 Å². The number of hydrogen-bond acceptors (Lipinski definition) is 4. The van der Waals surface area contributed by atoms with Gasteiger partial charge in [-0.05, 0) is 30.2 Å². The van der Waals surface area contributed by atoms with Crippen LogP contribution in [0.3, 0.4) is 0 Å². The number of methoxy groups -OCH3 is 1. The summed E-state index contributed by atoms with van der Waals surface area (Å²) in [5.41, 5.74) is 1.13. The van der Waals surface area contributed by atoms with Crippen LogP contribution in [0.4, 0.5) is 0 Å². The van der Waals surface area contributed by atoms with E-state index in [1.165, 1.54) is 13.5 Å². The van der Waals surface area contributed by atoms with Crippen LogP contribution in [-0.2, 0) is 0 Å². The summed E-state index contributed by atoms with van der Waals surface area (Å²) in [4.78, 5) is 15.1. The van der Waals surface area contributed by atoms with E-state index >= 15 is 0 Å². The predicted molar refractivity (Wildman–Crippen MR) is 62.2 cm³/mol. The molecule has 0 radical (unpaired) electrons. The number of nitrogens with zero attached hydrogens (tertiary/aromatic N) is 1. The average Bonchev–Trinajstić information content (AvgIpc) is 2.81. The Labute approximate surface area is 98.0 Å². The van der Waals surface area contributed by atoms with Crippen LogP contribution in [0.25, 0.3) is 0 Å². The second kappa shape index (κ2) is 4.74. The second-order valence-electron chi connectivity index (χ2n) is 3.63. The van der Waals surface area contributed by atoms with Gasteiger partial charge in [0, 0.05) is 11.4 Å². The molecule has 1 atom stereocenters. The molecule has 86 valence electrons. The molecule has 2 heterocycles. The predicted octanol–water partition coefficient (Wildman–Crippen LogP) is 2.36. The molecule has 0 aromatic carbocycles. The van der Waals surface area contributed by atoms with Crippen LogP contribution in [0.5, 0.6) is 5.88 Å². The minimum Gasteiger partial charge on any atom is -0.480 e. The van der Waals surface area contributed by atoms with Crippen molar-refractivity contribution >= 4 is 17.7 Å². The number of carboxylic acid groups (broad SMARTS) is 1. The molecule has 1 saturated heterocycles. The highest BCUT2D eigenvalue weighted by Crippen LogP contribution is 2.40. The molecule has 1 N–H and O–H groups in total. The first-order valence-corrected chi connectivity index (χ1v) is 6.16. The zero-order valence-electron chi connectivity index (χ0n) is 8.97. The highest BCUT2D eigenvalue weighted by Gasteiger charge is 2.21. The molecule has 1 aromatic heterocycles. The van der Waals surface area contributed by atoms with E-state index in [2.05, 4.69) is 4.98 Å². The van der Waals surface area contributed by atoms with Crippen LogP contribution in [0.15, 0.2) is 12.3 Å². The average molecular weight is 239 g/mol. The minimum absolute atomic E-state index is 0.146. The number of carbonyl (C=O) groups is 1. The largest absolute Gasteiger partial charge is 0.480 e. The first kappa shape index (κ1) is 11.3. The molecule has 0 aliphatic carbocycles. The van der Waals surface area contributed by atoms with E-state index in [9.17, 15) is 4.79 Å². The van der Waals surface area contributed by atoms with Gasteiger partial charge in [-0.25, -0.2) is 9.78 Å². The van der Waals surface area contributed by atoms with Gasteiger partial charge in [0.1, 0.15) is 5.56 Å². The van der Waals surface area contributed by atoms with Crippen molar-refractivity contribution in [3.05, 3.63) is 23.4 Å². The summed E-state index contributed by atoms with van der Waals surface area (Å²) in [5, 5.41) is 9.42. The fourth-order valence-electron chi connectivity index (χ4n) is 1.80. The third kappa shape index (κ3) is 2.14. The molecule has 16 heavy (non-hydrogen) atoms. The van der Waals surface area contributed by atoms with E-state index in [0.717, 1.165) is 17.7 Å². The van der Waals surface area contributed by atoms with Crippen LogP contribution in [0, 0.1) is 0 Å². The van der Waals surface area contributed by atoms with Crippen LogP contribution in [-0.4, -0.2) is 28.9 Å². The SMILES string of the molecule is COc1ncc(C2CCCS2)cc1C(=O)O. The van der Waals surface area contributed by atoms with E-state index in [-0.39, 0.29) is 11.4 Å². The Bertz CT molecular complexity index is 402. The Morgan fingerprint density at radius 3 is 3.06 bits per heavy atom. The first-order chi connectivity index (χ1) is 7.72. The maximum atomic E-state index is 11.0. The lowest BCUT2D eigenvalue weighted by Gasteiger charge is -2.10. The fourth-order valence-corrected chi connectivity index (χ4v) is 3.07. The third-order valence-electron chi connectivity index (χ3n) is 2.60. The number of hydrogen-bond donors (Lipinski definition) is 1. The van der Waals surface area contributed by atoms with E-state index in [0.29, 0.717) is 5.25 Å². The van der Waals surface area contributed by atoms with Gasteiger partial charge in [0.15, 0.2) is 0 Å². The Hall–Kier alpha value is -1.23. The summed E-state index contributed by atoms with van der Waals surface area (Å²) >= 11 is 1.86. The quantitative estimate of drug-likeness (QED) is 0.877. The molecule has 1 fully saturated rings.